The van der Waals surface area contributed by atoms with Gasteiger partial charge in [-0.05, 0) is 80.6 Å². The lowest BCUT2D eigenvalue weighted by Crippen LogP contribution is -2.37. The zero-order valence-electron chi connectivity index (χ0n) is 16.7. The number of nitrogens with zero attached hydrogens (tertiary/aromatic N) is 1. The summed E-state index contributed by atoms with van der Waals surface area (Å²) in [4.78, 5) is 2.67. The standard InChI is InChI=1S/C14H18ClN.C9H12BO2/c15-13-5-3-11-4-6-14(10-12(11)9-13)16-7-1-2-8-16;1-12-9-4-2-8(3-5-9)10-6-7-11/h3,5,9,14H,1-2,4,6-8,10H2;2-5,11H,6-7H2,1H3. The first kappa shape index (κ1) is 21.2. The van der Waals surface area contributed by atoms with Crippen LogP contribution in [0.4, 0.5) is 0 Å². The van der Waals surface area contributed by atoms with Gasteiger partial charge in [-0.1, -0.05) is 41.6 Å². The summed E-state index contributed by atoms with van der Waals surface area (Å²) in [6.07, 6.45) is 7.24. The van der Waals surface area contributed by atoms with Crippen LogP contribution in [0.25, 0.3) is 0 Å². The van der Waals surface area contributed by atoms with E-state index >= 15 is 0 Å². The van der Waals surface area contributed by atoms with Crippen molar-refractivity contribution >= 4 is 24.3 Å². The first-order valence-electron chi connectivity index (χ1n) is 10.3. The highest BCUT2D eigenvalue weighted by molar-refractivity contribution is 6.53. The van der Waals surface area contributed by atoms with Crippen LogP contribution in [0.3, 0.4) is 0 Å². The van der Waals surface area contributed by atoms with Crippen molar-refractivity contribution < 1.29 is 9.84 Å². The first-order valence-corrected chi connectivity index (χ1v) is 10.7. The molecule has 5 heteroatoms. The van der Waals surface area contributed by atoms with Crippen LogP contribution in [0.2, 0.25) is 11.3 Å². The summed E-state index contributed by atoms with van der Waals surface area (Å²) in [5.41, 5.74) is 4.11. The van der Waals surface area contributed by atoms with Gasteiger partial charge in [-0.25, -0.2) is 0 Å². The SMILES string of the molecule is COc1ccc([B]CCO)cc1.Clc1ccc2c(c1)CC(N1CCCC1)CC2. The van der Waals surface area contributed by atoms with Crippen molar-refractivity contribution in [1.82, 2.24) is 4.90 Å². The molecule has 1 saturated heterocycles. The number of benzene rings is 2. The maximum atomic E-state index is 8.57. The Hall–Kier alpha value is -1.49. The van der Waals surface area contributed by atoms with Gasteiger partial charge in [-0.3, -0.25) is 0 Å². The van der Waals surface area contributed by atoms with Gasteiger partial charge >= 0.3 is 0 Å². The molecule has 1 aliphatic heterocycles. The number of aliphatic hydroxyl groups excluding tert-OH is 1. The number of ether oxygens (including phenoxy) is 1. The molecule has 4 rings (SSSR count). The number of hydrogen-bond acceptors (Lipinski definition) is 3. The summed E-state index contributed by atoms with van der Waals surface area (Å²) in [6, 6.07) is 14.9. The normalized spacial score (nSPS) is 18.8. The largest absolute Gasteiger partial charge is 0.497 e. The van der Waals surface area contributed by atoms with Gasteiger partial charge < -0.3 is 14.7 Å². The maximum absolute atomic E-state index is 8.57. The fourth-order valence-electron chi connectivity index (χ4n) is 4.10. The van der Waals surface area contributed by atoms with Crippen molar-refractivity contribution in [3.05, 3.63) is 58.6 Å². The van der Waals surface area contributed by atoms with Crippen molar-refractivity contribution in [3.63, 3.8) is 0 Å². The molecule has 0 saturated carbocycles. The van der Waals surface area contributed by atoms with E-state index in [1.54, 1.807) is 7.11 Å². The Morgan fingerprint density at radius 2 is 1.86 bits per heavy atom. The summed E-state index contributed by atoms with van der Waals surface area (Å²) < 4.78 is 5.01. The molecule has 1 aliphatic carbocycles. The lowest BCUT2D eigenvalue weighted by atomic mass is 9.68. The molecule has 3 nitrogen and oxygen atoms in total. The number of aryl methyl sites for hydroxylation is 1. The van der Waals surface area contributed by atoms with E-state index in [4.69, 9.17) is 21.4 Å². The van der Waals surface area contributed by atoms with E-state index in [2.05, 4.69) is 17.0 Å². The Morgan fingerprint density at radius 3 is 2.54 bits per heavy atom. The van der Waals surface area contributed by atoms with Crippen LogP contribution in [0, 0.1) is 0 Å². The molecule has 1 heterocycles. The minimum atomic E-state index is 0.200. The highest BCUT2D eigenvalue weighted by Crippen LogP contribution is 2.28. The average molecular weight is 399 g/mol. The van der Waals surface area contributed by atoms with Crippen molar-refractivity contribution in [2.24, 2.45) is 0 Å². The number of aliphatic hydroxyl groups is 1. The van der Waals surface area contributed by atoms with Crippen LogP contribution < -0.4 is 10.2 Å². The highest BCUT2D eigenvalue weighted by atomic mass is 35.5. The lowest BCUT2D eigenvalue weighted by Gasteiger charge is -2.32. The third kappa shape index (κ3) is 6.00. The quantitative estimate of drug-likeness (QED) is 0.779. The third-order valence-corrected chi connectivity index (χ3v) is 5.89. The van der Waals surface area contributed by atoms with Crippen LogP contribution in [0.5, 0.6) is 5.75 Å². The van der Waals surface area contributed by atoms with Gasteiger partial charge in [-0.2, -0.15) is 0 Å². The van der Waals surface area contributed by atoms with Gasteiger partial charge in [0, 0.05) is 17.7 Å². The van der Waals surface area contributed by atoms with E-state index in [1.165, 1.54) is 56.3 Å². The minimum absolute atomic E-state index is 0.200. The van der Waals surface area contributed by atoms with Gasteiger partial charge in [0.25, 0.3) is 0 Å². The molecular weight excluding hydrogens is 369 g/mol. The van der Waals surface area contributed by atoms with Crippen LogP contribution in [0.15, 0.2) is 42.5 Å². The van der Waals surface area contributed by atoms with E-state index in [1.807, 2.05) is 37.6 Å². The van der Waals surface area contributed by atoms with Gasteiger partial charge in [0.15, 0.2) is 7.28 Å². The Kier molecular flexibility index (Phi) is 8.26. The number of rotatable bonds is 5. The molecule has 0 bridgehead atoms. The summed E-state index contributed by atoms with van der Waals surface area (Å²) in [7, 11) is 3.63. The van der Waals surface area contributed by atoms with Crippen molar-refractivity contribution in [3.8, 4) is 5.75 Å². The minimum Gasteiger partial charge on any atom is -0.497 e. The molecule has 149 valence electrons. The molecule has 28 heavy (non-hydrogen) atoms. The average Bonchev–Trinajstić information content (AvgIpc) is 3.27. The molecule has 1 unspecified atom stereocenters. The van der Waals surface area contributed by atoms with Crippen molar-refractivity contribution in [2.45, 2.75) is 44.5 Å². The van der Waals surface area contributed by atoms with Gasteiger partial charge in [0.1, 0.15) is 5.75 Å². The predicted octanol–water partition coefficient (Wildman–Crippen LogP) is 3.73. The smallest absolute Gasteiger partial charge is 0.153 e. The van der Waals surface area contributed by atoms with Gasteiger partial charge in [0.05, 0.1) is 7.11 Å². The van der Waals surface area contributed by atoms with Crippen molar-refractivity contribution in [2.75, 3.05) is 26.8 Å². The van der Waals surface area contributed by atoms with E-state index in [-0.39, 0.29) is 6.61 Å². The maximum Gasteiger partial charge on any atom is 0.153 e. The molecule has 1 N–H and O–H groups in total. The van der Waals surface area contributed by atoms with Gasteiger partial charge in [0.2, 0.25) is 0 Å². The highest BCUT2D eigenvalue weighted by Gasteiger charge is 2.26. The number of likely N-dealkylation sites (tertiary alicyclic amines) is 1. The molecule has 1 fully saturated rings. The summed E-state index contributed by atoms with van der Waals surface area (Å²) >= 11 is 6.07. The zero-order valence-corrected chi connectivity index (χ0v) is 17.5. The number of fused-ring (bicyclic) bond motifs is 1. The summed E-state index contributed by atoms with van der Waals surface area (Å²) in [5, 5.41) is 9.46. The Bertz CT molecular complexity index is 732. The number of halogens is 1. The Morgan fingerprint density at radius 1 is 1.11 bits per heavy atom. The molecule has 0 aromatic heterocycles. The molecule has 1 radical (unpaired) electrons. The summed E-state index contributed by atoms with van der Waals surface area (Å²) in [6.45, 7) is 2.81. The molecule has 2 aromatic rings. The van der Waals surface area contributed by atoms with Crippen molar-refractivity contribution in [1.29, 1.82) is 0 Å². The second kappa shape index (κ2) is 10.9. The zero-order chi connectivity index (χ0) is 19.8. The van der Waals surface area contributed by atoms with Crippen LogP contribution in [0.1, 0.15) is 30.4 Å². The molecule has 2 aromatic carbocycles. The number of hydrogen-bond donors (Lipinski definition) is 1. The van der Waals surface area contributed by atoms with Gasteiger partial charge in [-0.15, -0.1) is 0 Å². The Balaban J connectivity index is 0.000000169. The fraction of sp³-hybridized carbons (Fsp3) is 0.478. The van der Waals surface area contributed by atoms with Crippen LogP contribution in [-0.2, 0) is 12.8 Å². The lowest BCUT2D eigenvalue weighted by molar-refractivity contribution is 0.222. The third-order valence-electron chi connectivity index (χ3n) is 5.65. The summed E-state index contributed by atoms with van der Waals surface area (Å²) in [5.74, 6) is 0.858. The van der Waals surface area contributed by atoms with E-state index < -0.39 is 0 Å². The second-order valence-electron chi connectivity index (χ2n) is 7.54. The first-order chi connectivity index (χ1) is 13.7. The Labute approximate surface area is 174 Å². The topological polar surface area (TPSA) is 32.7 Å². The van der Waals surface area contributed by atoms with Crippen LogP contribution in [-0.4, -0.2) is 50.1 Å². The van der Waals surface area contributed by atoms with Crippen LogP contribution >= 0.6 is 11.6 Å². The predicted molar refractivity (Wildman–Crippen MR) is 118 cm³/mol. The van der Waals surface area contributed by atoms with E-state index in [0.717, 1.165) is 22.3 Å². The fourth-order valence-corrected chi connectivity index (χ4v) is 4.29. The molecule has 0 amide bonds. The molecule has 2 aliphatic rings. The van der Waals surface area contributed by atoms with E-state index in [0.29, 0.717) is 6.32 Å². The molecule has 1 atom stereocenters. The number of methoxy groups -OCH3 is 1. The van der Waals surface area contributed by atoms with E-state index in [9.17, 15) is 0 Å². The second-order valence-corrected chi connectivity index (χ2v) is 7.98. The molecule has 0 spiro atoms. The monoisotopic (exact) mass is 398 g/mol. The molecular formula is C23H30BClNO2.